The van der Waals surface area contributed by atoms with Gasteiger partial charge in [0.05, 0.1) is 16.3 Å². The molecule has 6 nitrogen and oxygen atoms in total. The Hall–Kier alpha value is -2.16. The van der Waals surface area contributed by atoms with Gasteiger partial charge in [0.15, 0.2) is 5.16 Å². The molecule has 0 radical (unpaired) electrons. The van der Waals surface area contributed by atoms with E-state index in [1.807, 2.05) is 0 Å². The minimum atomic E-state index is -2.77. The van der Waals surface area contributed by atoms with Crippen molar-refractivity contribution in [2.45, 2.75) is 23.9 Å². The highest BCUT2D eigenvalue weighted by atomic mass is 32.2. The van der Waals surface area contributed by atoms with Crippen LogP contribution in [0.5, 0.6) is 0 Å². The minimum Gasteiger partial charge on any atom is -0.341 e. The highest BCUT2D eigenvalue weighted by Gasteiger charge is 2.23. The van der Waals surface area contributed by atoms with Gasteiger partial charge in [0.25, 0.3) is 0 Å². The Morgan fingerprint density at radius 2 is 2.00 bits per heavy atom. The smallest absolute Gasteiger partial charge is 0.321 e. The Labute approximate surface area is 129 Å². The lowest BCUT2D eigenvalue weighted by Crippen LogP contribution is -2.41. The van der Waals surface area contributed by atoms with Gasteiger partial charge in [-0.05, 0) is 19.1 Å². The number of benzene rings is 1. The number of imidazole rings is 1. The summed E-state index contributed by atoms with van der Waals surface area (Å²) < 4.78 is 27.3. The molecule has 2 N–H and O–H groups in total. The first-order valence-corrected chi connectivity index (χ1v) is 7.26. The van der Waals surface area contributed by atoms with Gasteiger partial charge in [0.1, 0.15) is 0 Å². The summed E-state index contributed by atoms with van der Waals surface area (Å²) in [5, 5.41) is 3.61. The zero-order chi connectivity index (χ0) is 16.3. The van der Waals surface area contributed by atoms with E-state index in [1.165, 1.54) is 20.0 Å². The molecule has 22 heavy (non-hydrogen) atoms. The van der Waals surface area contributed by atoms with Gasteiger partial charge in [0.2, 0.25) is 5.91 Å². The molecule has 1 aromatic carbocycles. The van der Waals surface area contributed by atoms with Gasteiger partial charge in [-0.1, -0.05) is 23.9 Å². The van der Waals surface area contributed by atoms with Crippen molar-refractivity contribution in [3.05, 3.63) is 24.3 Å². The van der Waals surface area contributed by atoms with E-state index in [-0.39, 0.29) is 5.16 Å². The topological polar surface area (TPSA) is 76.0 Å². The molecule has 2 rings (SSSR count). The molecular weight excluding hydrogens is 314 g/mol. The van der Waals surface area contributed by atoms with Crippen molar-refractivity contribution >= 4 is 34.7 Å². The summed E-state index contributed by atoms with van der Waals surface area (Å²) >= 11 is 0.865. The van der Waals surface area contributed by atoms with Crippen LogP contribution in [-0.4, -0.2) is 33.8 Å². The number of aromatic nitrogens is 2. The molecule has 0 saturated heterocycles. The Morgan fingerprint density at radius 1 is 1.32 bits per heavy atom. The fourth-order valence-corrected chi connectivity index (χ4v) is 2.71. The zero-order valence-electron chi connectivity index (χ0n) is 11.8. The number of fused-ring (bicyclic) bond motifs is 1. The maximum Gasteiger partial charge on any atom is 0.321 e. The third-order valence-corrected chi connectivity index (χ3v) is 3.94. The van der Waals surface area contributed by atoms with E-state index < -0.39 is 23.7 Å². The predicted octanol–water partition coefficient (Wildman–Crippen LogP) is 2.37. The van der Waals surface area contributed by atoms with E-state index in [9.17, 15) is 18.4 Å². The fourth-order valence-electron chi connectivity index (χ4n) is 1.78. The van der Waals surface area contributed by atoms with E-state index >= 15 is 0 Å². The number of rotatable bonds is 4. The summed E-state index contributed by atoms with van der Waals surface area (Å²) in [4.78, 5) is 27.0. The summed E-state index contributed by atoms with van der Waals surface area (Å²) in [6, 6.07) is 5.83. The van der Waals surface area contributed by atoms with Gasteiger partial charge in [0, 0.05) is 7.05 Å². The largest absolute Gasteiger partial charge is 0.341 e. The number of nitrogens with zero attached hydrogens (tertiary/aromatic N) is 2. The van der Waals surface area contributed by atoms with E-state index in [0.717, 1.165) is 16.3 Å². The summed E-state index contributed by atoms with van der Waals surface area (Å²) in [6.07, 6.45) is 0. The van der Waals surface area contributed by atoms with Crippen LogP contribution in [0.1, 0.15) is 13.5 Å². The average molecular weight is 328 g/mol. The molecule has 0 aliphatic heterocycles. The molecule has 0 spiro atoms. The molecule has 3 amide bonds. The molecule has 2 aromatic rings. The lowest BCUT2D eigenvalue weighted by molar-refractivity contribution is -0.119. The minimum absolute atomic E-state index is 0.0238. The van der Waals surface area contributed by atoms with Crippen LogP contribution in [0.4, 0.5) is 13.6 Å². The van der Waals surface area contributed by atoms with E-state index in [2.05, 4.69) is 15.6 Å². The highest BCUT2D eigenvalue weighted by Crippen LogP contribution is 2.31. The van der Waals surface area contributed by atoms with E-state index in [4.69, 9.17) is 0 Å². The number of halogens is 2. The third-order valence-electron chi connectivity index (χ3n) is 2.87. The van der Waals surface area contributed by atoms with Gasteiger partial charge in [-0.3, -0.25) is 14.7 Å². The van der Waals surface area contributed by atoms with E-state index in [0.29, 0.717) is 11.0 Å². The number of amides is 3. The van der Waals surface area contributed by atoms with Crippen LogP contribution in [0.2, 0.25) is 0 Å². The monoisotopic (exact) mass is 328 g/mol. The van der Waals surface area contributed by atoms with Gasteiger partial charge in [-0.15, -0.1) is 0 Å². The lowest BCUT2D eigenvalue weighted by atomic mass is 10.3. The van der Waals surface area contributed by atoms with Crippen molar-refractivity contribution < 1.29 is 18.4 Å². The fraction of sp³-hybridized carbons (Fsp3) is 0.308. The first-order valence-electron chi connectivity index (χ1n) is 6.38. The maximum absolute atomic E-state index is 13.3. The second-order valence-corrected chi connectivity index (χ2v) is 5.67. The molecule has 0 saturated carbocycles. The molecule has 0 fully saturated rings. The summed E-state index contributed by atoms with van der Waals surface area (Å²) in [5.74, 6) is -0.586. The number of urea groups is 1. The normalized spacial score (nSPS) is 12.4. The Bertz CT molecular complexity index is 704. The number of hydrogen-bond donors (Lipinski definition) is 2. The van der Waals surface area contributed by atoms with Gasteiger partial charge in [-0.25, -0.2) is 9.78 Å². The van der Waals surface area contributed by atoms with Crippen LogP contribution in [-0.2, 0) is 4.79 Å². The number of thioether (sulfide) groups is 1. The molecule has 1 atom stereocenters. The number of carbonyl (C=O) groups excluding carboxylic acids is 2. The van der Waals surface area contributed by atoms with Gasteiger partial charge < -0.3 is 5.32 Å². The highest BCUT2D eigenvalue weighted by molar-refractivity contribution is 8.00. The standard InChI is InChI=1S/C13H14F2N4O2S/c1-7(10(20)18-12(21)16-2)22-13-17-8-5-3-4-6-9(8)19(13)11(14)15/h3-7,11H,1-2H3,(H2,16,18,20,21)/t7-/m0/s1. The average Bonchev–Trinajstić information content (AvgIpc) is 2.84. The number of para-hydroxylation sites is 2. The number of imide groups is 1. The van der Waals surface area contributed by atoms with Gasteiger partial charge >= 0.3 is 12.6 Å². The molecule has 9 heteroatoms. The van der Waals surface area contributed by atoms with Crippen LogP contribution >= 0.6 is 11.8 Å². The van der Waals surface area contributed by atoms with Crippen molar-refractivity contribution in [2.24, 2.45) is 0 Å². The Balaban J connectivity index is 2.25. The molecule has 0 aliphatic rings. The lowest BCUT2D eigenvalue weighted by Gasteiger charge is -2.12. The van der Waals surface area contributed by atoms with Crippen LogP contribution < -0.4 is 10.6 Å². The van der Waals surface area contributed by atoms with Crippen LogP contribution in [0, 0.1) is 0 Å². The second kappa shape index (κ2) is 6.73. The SMILES string of the molecule is CNC(=O)NC(=O)[C@H](C)Sc1nc2ccccc2n1C(F)F. The van der Waals surface area contributed by atoms with Crippen molar-refractivity contribution in [1.82, 2.24) is 20.2 Å². The zero-order valence-corrected chi connectivity index (χ0v) is 12.7. The van der Waals surface area contributed by atoms with Crippen LogP contribution in [0.25, 0.3) is 11.0 Å². The quantitative estimate of drug-likeness (QED) is 0.845. The van der Waals surface area contributed by atoms with Crippen molar-refractivity contribution in [3.8, 4) is 0 Å². The van der Waals surface area contributed by atoms with Crippen molar-refractivity contribution in [3.63, 3.8) is 0 Å². The van der Waals surface area contributed by atoms with Crippen molar-refractivity contribution in [1.29, 1.82) is 0 Å². The molecule has 1 aromatic heterocycles. The Morgan fingerprint density at radius 3 is 2.64 bits per heavy atom. The van der Waals surface area contributed by atoms with Crippen molar-refractivity contribution in [2.75, 3.05) is 7.05 Å². The van der Waals surface area contributed by atoms with E-state index in [1.54, 1.807) is 18.2 Å². The summed E-state index contributed by atoms with van der Waals surface area (Å²) in [7, 11) is 1.37. The predicted molar refractivity (Wildman–Crippen MR) is 78.9 cm³/mol. The maximum atomic E-state index is 13.3. The molecule has 0 unspecified atom stereocenters. The molecular formula is C13H14F2N4O2S. The first kappa shape index (κ1) is 16.2. The third kappa shape index (κ3) is 3.35. The molecule has 1 heterocycles. The second-order valence-electron chi connectivity index (χ2n) is 4.36. The summed E-state index contributed by atoms with van der Waals surface area (Å²) in [5.41, 5.74) is 0.711. The number of hydrogen-bond acceptors (Lipinski definition) is 4. The number of carbonyl (C=O) groups is 2. The number of alkyl halides is 2. The van der Waals surface area contributed by atoms with Crippen LogP contribution in [0.3, 0.4) is 0 Å². The first-order chi connectivity index (χ1) is 10.4. The molecule has 118 valence electrons. The summed E-state index contributed by atoms with van der Waals surface area (Å²) in [6.45, 7) is -1.26. The molecule has 0 aliphatic carbocycles. The van der Waals surface area contributed by atoms with Crippen LogP contribution in [0.15, 0.2) is 29.4 Å². The number of nitrogens with one attached hydrogen (secondary N) is 2. The Kier molecular flexibility index (Phi) is 4.96. The molecule has 0 bridgehead atoms. The van der Waals surface area contributed by atoms with Gasteiger partial charge in [-0.2, -0.15) is 8.78 Å².